The van der Waals surface area contributed by atoms with Crippen molar-refractivity contribution < 1.29 is 22.4 Å². The molecule has 35 heavy (non-hydrogen) atoms. The van der Waals surface area contributed by atoms with Crippen LogP contribution in [-0.4, -0.2) is 58.9 Å². The van der Waals surface area contributed by atoms with Crippen LogP contribution in [0.4, 0.5) is 29.2 Å². The van der Waals surface area contributed by atoms with E-state index in [2.05, 4.69) is 25.1 Å². The number of anilines is 2. The smallest absolute Gasteiger partial charge is 0.368 e. The molecule has 1 amide bonds. The maximum absolute atomic E-state index is 14.5. The van der Waals surface area contributed by atoms with Crippen LogP contribution in [0, 0.1) is 5.82 Å². The molecule has 1 aliphatic heterocycles. The van der Waals surface area contributed by atoms with Gasteiger partial charge < -0.3 is 16.0 Å². The van der Waals surface area contributed by atoms with Gasteiger partial charge in [0.2, 0.25) is 5.95 Å². The number of halogens is 4. The third kappa shape index (κ3) is 6.11. The van der Waals surface area contributed by atoms with Gasteiger partial charge in [-0.15, -0.1) is 0 Å². The molecule has 2 aromatic carbocycles. The second-order valence-electron chi connectivity index (χ2n) is 8.47. The number of benzene rings is 2. The van der Waals surface area contributed by atoms with Gasteiger partial charge in [0, 0.05) is 56.4 Å². The quantitative estimate of drug-likeness (QED) is 0.530. The normalized spacial score (nSPS) is 15.2. The first-order valence-corrected chi connectivity index (χ1v) is 10.9. The van der Waals surface area contributed by atoms with Gasteiger partial charge in [0.1, 0.15) is 5.82 Å². The zero-order valence-electron chi connectivity index (χ0n) is 18.9. The summed E-state index contributed by atoms with van der Waals surface area (Å²) in [6.07, 6.45) is -1.75. The molecule has 0 unspecified atom stereocenters. The number of aromatic nitrogens is 2. The monoisotopic (exact) mass is 488 g/mol. The van der Waals surface area contributed by atoms with Crippen LogP contribution in [0.25, 0.3) is 11.1 Å². The Morgan fingerprint density at radius 2 is 1.71 bits per heavy atom. The molecule has 11 heteroatoms. The van der Waals surface area contributed by atoms with Crippen LogP contribution >= 0.6 is 0 Å². The van der Waals surface area contributed by atoms with E-state index in [1.165, 1.54) is 30.6 Å². The Balaban J connectivity index is 1.59. The van der Waals surface area contributed by atoms with Gasteiger partial charge in [-0.25, -0.2) is 14.4 Å². The molecule has 2 heterocycles. The summed E-state index contributed by atoms with van der Waals surface area (Å²) in [6.45, 7) is 3.39. The van der Waals surface area contributed by atoms with E-state index in [0.717, 1.165) is 44.4 Å². The molecule has 1 saturated heterocycles. The van der Waals surface area contributed by atoms with Gasteiger partial charge in [-0.05, 0) is 48.5 Å². The predicted octanol–water partition coefficient (Wildman–Crippen LogP) is 3.88. The largest absolute Gasteiger partial charge is 0.416 e. The zero-order valence-corrected chi connectivity index (χ0v) is 18.9. The summed E-state index contributed by atoms with van der Waals surface area (Å²) in [4.78, 5) is 24.8. The molecule has 7 nitrogen and oxygen atoms in total. The first-order valence-electron chi connectivity index (χ1n) is 10.9. The van der Waals surface area contributed by atoms with E-state index in [0.29, 0.717) is 23.2 Å². The van der Waals surface area contributed by atoms with E-state index in [9.17, 15) is 22.4 Å². The van der Waals surface area contributed by atoms with Crippen molar-refractivity contribution in [3.8, 4) is 11.1 Å². The van der Waals surface area contributed by atoms with Crippen molar-refractivity contribution >= 4 is 17.5 Å². The fourth-order valence-electron chi connectivity index (χ4n) is 3.85. The number of piperazine rings is 1. The standard InChI is InChI=1S/C24H24F4N6O/c1-33-4-6-34(7-5-33)14-15-8-18(24(26,27)28)11-19(9-15)32-22(35)20-10-16(2-3-21(20)25)17-12-30-23(29)31-13-17/h2-3,8-13H,4-7,14H2,1H3,(H,32,35)(H2,29,30,31). The third-order valence-corrected chi connectivity index (χ3v) is 5.80. The highest BCUT2D eigenvalue weighted by atomic mass is 19.4. The average Bonchev–Trinajstić information content (AvgIpc) is 2.81. The van der Waals surface area contributed by atoms with Crippen molar-refractivity contribution in [1.29, 1.82) is 0 Å². The molecule has 0 atom stereocenters. The minimum atomic E-state index is -4.60. The number of rotatable bonds is 5. The van der Waals surface area contributed by atoms with Gasteiger partial charge in [0.05, 0.1) is 11.1 Å². The fourth-order valence-corrected chi connectivity index (χ4v) is 3.85. The van der Waals surface area contributed by atoms with Gasteiger partial charge in [0.25, 0.3) is 5.91 Å². The summed E-state index contributed by atoms with van der Waals surface area (Å²) in [7, 11) is 1.99. The van der Waals surface area contributed by atoms with Crippen molar-refractivity contribution in [2.45, 2.75) is 12.7 Å². The van der Waals surface area contributed by atoms with Gasteiger partial charge in [0.15, 0.2) is 0 Å². The van der Waals surface area contributed by atoms with Crippen LogP contribution in [0.15, 0.2) is 48.8 Å². The topological polar surface area (TPSA) is 87.4 Å². The van der Waals surface area contributed by atoms with Crippen molar-refractivity contribution in [2.75, 3.05) is 44.3 Å². The number of amides is 1. The summed E-state index contributed by atoms with van der Waals surface area (Å²) in [5.41, 5.74) is 5.58. The number of nitrogen functional groups attached to an aromatic ring is 1. The van der Waals surface area contributed by atoms with E-state index in [1.54, 1.807) is 0 Å². The van der Waals surface area contributed by atoms with E-state index < -0.39 is 23.5 Å². The minimum absolute atomic E-state index is 0.0606. The SMILES string of the molecule is CN1CCN(Cc2cc(NC(=O)c3cc(-c4cnc(N)nc4)ccc3F)cc(C(F)(F)F)c2)CC1. The summed E-state index contributed by atoms with van der Waals surface area (Å²) in [5.74, 6) is -1.62. The lowest BCUT2D eigenvalue weighted by Gasteiger charge is -2.32. The number of hydrogen-bond acceptors (Lipinski definition) is 6. The molecule has 0 saturated carbocycles. The summed E-state index contributed by atoms with van der Waals surface area (Å²) in [6, 6.07) is 7.25. The average molecular weight is 488 g/mol. The maximum atomic E-state index is 14.5. The summed E-state index contributed by atoms with van der Waals surface area (Å²) >= 11 is 0. The molecular weight excluding hydrogens is 464 g/mol. The van der Waals surface area contributed by atoms with Gasteiger partial charge in [-0.2, -0.15) is 13.2 Å². The number of alkyl halides is 3. The summed E-state index contributed by atoms with van der Waals surface area (Å²) < 4.78 is 55.2. The van der Waals surface area contributed by atoms with Crippen molar-refractivity contribution in [2.24, 2.45) is 0 Å². The number of nitrogens with two attached hydrogens (primary N) is 1. The maximum Gasteiger partial charge on any atom is 0.416 e. The molecule has 1 aliphatic rings. The van der Waals surface area contributed by atoms with Crippen LogP contribution in [0.2, 0.25) is 0 Å². The van der Waals surface area contributed by atoms with E-state index in [1.807, 2.05) is 7.05 Å². The van der Waals surface area contributed by atoms with Crippen LogP contribution in [0.1, 0.15) is 21.5 Å². The highest BCUT2D eigenvalue weighted by molar-refractivity contribution is 6.05. The Kier molecular flexibility index (Phi) is 6.99. The van der Waals surface area contributed by atoms with Gasteiger partial charge in [-0.3, -0.25) is 9.69 Å². The Labute approximate surface area is 199 Å². The number of carbonyl (C=O) groups is 1. The second-order valence-corrected chi connectivity index (χ2v) is 8.47. The van der Waals surface area contributed by atoms with Crippen LogP contribution in [0.3, 0.4) is 0 Å². The second kappa shape index (κ2) is 9.96. The number of carbonyl (C=O) groups excluding carboxylic acids is 1. The molecule has 0 aliphatic carbocycles. The summed E-state index contributed by atoms with van der Waals surface area (Å²) in [5, 5.41) is 2.43. The molecule has 4 rings (SSSR count). The van der Waals surface area contributed by atoms with Crippen molar-refractivity contribution in [1.82, 2.24) is 19.8 Å². The highest BCUT2D eigenvalue weighted by Gasteiger charge is 2.31. The number of nitrogens with one attached hydrogen (secondary N) is 1. The van der Waals surface area contributed by atoms with E-state index in [4.69, 9.17) is 5.73 Å². The molecule has 184 valence electrons. The van der Waals surface area contributed by atoms with Crippen LogP contribution in [-0.2, 0) is 12.7 Å². The van der Waals surface area contributed by atoms with Crippen molar-refractivity contribution in [3.63, 3.8) is 0 Å². The van der Waals surface area contributed by atoms with Gasteiger partial charge >= 0.3 is 6.18 Å². The lowest BCUT2D eigenvalue weighted by molar-refractivity contribution is -0.137. The molecule has 3 aromatic rings. The first kappa shape index (κ1) is 24.6. The molecule has 0 spiro atoms. The van der Waals surface area contributed by atoms with E-state index in [-0.39, 0.29) is 17.2 Å². The zero-order chi connectivity index (χ0) is 25.2. The van der Waals surface area contributed by atoms with Crippen LogP contribution in [0.5, 0.6) is 0 Å². The molecular formula is C24H24F4N6O. The Bertz CT molecular complexity index is 1210. The predicted molar refractivity (Wildman–Crippen MR) is 124 cm³/mol. The first-order chi connectivity index (χ1) is 16.6. The lowest BCUT2D eigenvalue weighted by Crippen LogP contribution is -2.43. The number of hydrogen-bond donors (Lipinski definition) is 2. The van der Waals surface area contributed by atoms with Gasteiger partial charge in [-0.1, -0.05) is 6.07 Å². The highest BCUT2D eigenvalue weighted by Crippen LogP contribution is 2.33. The molecule has 0 radical (unpaired) electrons. The van der Waals surface area contributed by atoms with Crippen LogP contribution < -0.4 is 11.1 Å². The molecule has 1 fully saturated rings. The lowest BCUT2D eigenvalue weighted by atomic mass is 10.0. The fraction of sp³-hybridized carbons (Fsp3) is 0.292. The Morgan fingerprint density at radius 1 is 1.03 bits per heavy atom. The minimum Gasteiger partial charge on any atom is -0.368 e. The Morgan fingerprint density at radius 3 is 2.37 bits per heavy atom. The molecule has 1 aromatic heterocycles. The van der Waals surface area contributed by atoms with E-state index >= 15 is 0 Å². The third-order valence-electron chi connectivity index (χ3n) is 5.80. The number of nitrogens with zero attached hydrogens (tertiary/aromatic N) is 4. The Hall–Kier alpha value is -3.57. The molecule has 0 bridgehead atoms. The molecule has 3 N–H and O–H groups in total. The number of likely N-dealkylation sites (N-methyl/N-ethyl adjacent to an activating group) is 1. The van der Waals surface area contributed by atoms with Crippen molar-refractivity contribution in [3.05, 3.63) is 71.3 Å².